The van der Waals surface area contributed by atoms with Gasteiger partial charge >= 0.3 is 12.4 Å². The van der Waals surface area contributed by atoms with Crippen LogP contribution in [0.5, 0.6) is 0 Å². The first kappa shape index (κ1) is 28.4. The van der Waals surface area contributed by atoms with Gasteiger partial charge in [-0.05, 0) is 66.1 Å². The number of aromatic amines is 1. The van der Waals surface area contributed by atoms with Crippen LogP contribution in [-0.2, 0) is 24.3 Å². The summed E-state index contributed by atoms with van der Waals surface area (Å²) < 4.78 is 96.7. The Morgan fingerprint density at radius 1 is 0.829 bits per heavy atom. The molecule has 0 aliphatic heterocycles. The minimum Gasteiger partial charge on any atom is -0.340 e. The van der Waals surface area contributed by atoms with E-state index in [0.717, 1.165) is 24.3 Å². The molecular weight excluding hydrogens is 573 g/mol. The molecule has 2 aromatic heterocycles. The largest absolute Gasteiger partial charge is 0.416 e. The fourth-order valence-electron chi connectivity index (χ4n) is 4.77. The number of nitrogens with one attached hydrogen (secondary N) is 2. The Labute approximate surface area is 234 Å². The Kier molecular flexibility index (Phi) is 7.19. The average Bonchev–Trinajstić information content (AvgIpc) is 3.31. The molecule has 0 saturated carbocycles. The number of halogens is 8. The third-order valence-electron chi connectivity index (χ3n) is 6.63. The Balaban J connectivity index is 1.77. The van der Waals surface area contributed by atoms with Crippen LogP contribution in [0.25, 0.3) is 11.0 Å². The summed E-state index contributed by atoms with van der Waals surface area (Å²) in [6.45, 7) is 1.46. The molecule has 0 bridgehead atoms. The van der Waals surface area contributed by atoms with Gasteiger partial charge in [0.1, 0.15) is 11.4 Å². The van der Waals surface area contributed by atoms with Crippen LogP contribution >= 0.6 is 11.6 Å². The summed E-state index contributed by atoms with van der Waals surface area (Å²) >= 11 is 6.06. The fraction of sp³-hybridized carbons (Fsp3) is 0.172. The van der Waals surface area contributed by atoms with E-state index in [-0.39, 0.29) is 45.2 Å². The Morgan fingerprint density at radius 2 is 1.49 bits per heavy atom. The Morgan fingerprint density at radius 3 is 2.12 bits per heavy atom. The summed E-state index contributed by atoms with van der Waals surface area (Å²) in [5.74, 6) is -1.20. The molecule has 0 unspecified atom stereocenters. The van der Waals surface area contributed by atoms with Crippen molar-refractivity contribution >= 4 is 28.6 Å². The SMILES string of the molecule is Cc1cc(C(F)(F)F)cc2[nH]c(N[C@](Cc3ccccc3)(c3cc(F)cc(C(F)(F)F)c3)c3ccc(Cl)cn3)nc12. The van der Waals surface area contributed by atoms with Crippen LogP contribution in [0.4, 0.5) is 36.7 Å². The molecule has 0 fully saturated rings. The molecule has 0 saturated heterocycles. The van der Waals surface area contributed by atoms with Crippen molar-refractivity contribution in [3.8, 4) is 0 Å². The third kappa shape index (κ3) is 5.85. The highest BCUT2D eigenvalue weighted by molar-refractivity contribution is 6.30. The number of rotatable bonds is 6. The lowest BCUT2D eigenvalue weighted by Crippen LogP contribution is -2.40. The average molecular weight is 593 g/mol. The van der Waals surface area contributed by atoms with Crippen molar-refractivity contribution in [1.82, 2.24) is 15.0 Å². The van der Waals surface area contributed by atoms with Crippen LogP contribution in [0.15, 0.2) is 79.0 Å². The zero-order valence-corrected chi connectivity index (χ0v) is 21.9. The fourth-order valence-corrected chi connectivity index (χ4v) is 4.88. The third-order valence-corrected chi connectivity index (χ3v) is 6.85. The number of H-pyrrole nitrogens is 1. The lowest BCUT2D eigenvalue weighted by molar-refractivity contribution is -0.138. The van der Waals surface area contributed by atoms with Gasteiger partial charge in [0.05, 0.1) is 32.9 Å². The summed E-state index contributed by atoms with van der Waals surface area (Å²) in [4.78, 5) is 11.6. The van der Waals surface area contributed by atoms with E-state index in [1.807, 2.05) is 0 Å². The predicted molar refractivity (Wildman–Crippen MR) is 141 cm³/mol. The van der Waals surface area contributed by atoms with Crippen molar-refractivity contribution in [3.05, 3.63) is 123 Å². The lowest BCUT2D eigenvalue weighted by atomic mass is 9.80. The lowest BCUT2D eigenvalue weighted by Gasteiger charge is -2.36. The highest BCUT2D eigenvalue weighted by Gasteiger charge is 2.40. The Bertz CT molecular complexity index is 1700. The number of imidazole rings is 1. The number of nitrogens with zero attached hydrogens (tertiary/aromatic N) is 2. The second-order valence-corrected chi connectivity index (χ2v) is 9.99. The molecular formula is C29H20ClF7N4. The van der Waals surface area contributed by atoms with E-state index in [2.05, 4.69) is 20.3 Å². The molecule has 3 aromatic carbocycles. The summed E-state index contributed by atoms with van der Waals surface area (Å²) in [5, 5.41) is 3.33. The highest BCUT2D eigenvalue weighted by Crippen LogP contribution is 2.40. The molecule has 0 aliphatic carbocycles. The highest BCUT2D eigenvalue weighted by atomic mass is 35.5. The standard InChI is InChI=1S/C29H20ClF7N4/c1-16-9-19(28(32,33)34)13-23-25(16)40-26(39-23)41-27(14-17-5-3-2-4-6-17,24-8-7-21(30)15-38-24)18-10-20(29(35,36)37)12-22(31)11-18/h2-13,15H,14H2,1H3,(H2,39,40,41)/t27-/m1/s1. The van der Waals surface area contributed by atoms with Gasteiger partial charge < -0.3 is 10.3 Å². The smallest absolute Gasteiger partial charge is 0.340 e. The van der Waals surface area contributed by atoms with E-state index in [1.165, 1.54) is 25.3 Å². The summed E-state index contributed by atoms with van der Waals surface area (Å²) in [6.07, 6.45) is -8.24. The first-order valence-electron chi connectivity index (χ1n) is 12.1. The maximum absolute atomic E-state index is 14.8. The maximum Gasteiger partial charge on any atom is 0.416 e. The molecule has 0 spiro atoms. The van der Waals surface area contributed by atoms with E-state index in [1.54, 1.807) is 30.3 Å². The number of aromatic nitrogens is 3. The number of alkyl halides is 6. The van der Waals surface area contributed by atoms with Crippen LogP contribution in [-0.4, -0.2) is 15.0 Å². The van der Waals surface area contributed by atoms with Crippen molar-refractivity contribution in [2.45, 2.75) is 31.2 Å². The van der Waals surface area contributed by atoms with Gasteiger partial charge in [-0.3, -0.25) is 4.98 Å². The van der Waals surface area contributed by atoms with E-state index < -0.39 is 34.8 Å². The minimum atomic E-state index is -4.87. The molecule has 41 heavy (non-hydrogen) atoms. The molecule has 5 aromatic rings. The summed E-state index contributed by atoms with van der Waals surface area (Å²) in [6, 6.07) is 15.6. The van der Waals surface area contributed by atoms with Gasteiger partial charge in [0.25, 0.3) is 0 Å². The van der Waals surface area contributed by atoms with Gasteiger partial charge in [0.15, 0.2) is 0 Å². The molecule has 4 nitrogen and oxygen atoms in total. The van der Waals surface area contributed by atoms with Crippen LogP contribution in [0, 0.1) is 12.7 Å². The van der Waals surface area contributed by atoms with Gasteiger partial charge in [0.2, 0.25) is 5.95 Å². The number of fused-ring (bicyclic) bond motifs is 1. The second-order valence-electron chi connectivity index (χ2n) is 9.55. The topological polar surface area (TPSA) is 53.6 Å². The summed E-state index contributed by atoms with van der Waals surface area (Å²) in [5.41, 5.74) is -2.66. The zero-order valence-electron chi connectivity index (χ0n) is 21.1. The van der Waals surface area contributed by atoms with Gasteiger partial charge in [-0.15, -0.1) is 0 Å². The van der Waals surface area contributed by atoms with Gasteiger partial charge in [0, 0.05) is 12.6 Å². The van der Waals surface area contributed by atoms with Gasteiger partial charge in [-0.25, -0.2) is 9.37 Å². The van der Waals surface area contributed by atoms with E-state index in [0.29, 0.717) is 11.6 Å². The van der Waals surface area contributed by atoms with Crippen LogP contribution < -0.4 is 5.32 Å². The van der Waals surface area contributed by atoms with Crippen molar-refractivity contribution < 1.29 is 30.7 Å². The molecule has 0 radical (unpaired) electrons. The zero-order chi connectivity index (χ0) is 29.6. The Hall–Kier alpha value is -4.12. The van der Waals surface area contributed by atoms with E-state index in [4.69, 9.17) is 11.6 Å². The van der Waals surface area contributed by atoms with Crippen LogP contribution in [0.3, 0.4) is 0 Å². The van der Waals surface area contributed by atoms with Crippen LogP contribution in [0.2, 0.25) is 5.02 Å². The number of benzene rings is 3. The second kappa shape index (κ2) is 10.4. The number of anilines is 1. The maximum atomic E-state index is 14.8. The first-order chi connectivity index (χ1) is 19.2. The molecule has 1 atom stereocenters. The number of pyridine rings is 1. The molecule has 0 amide bonds. The molecule has 2 N–H and O–H groups in total. The van der Waals surface area contributed by atoms with Gasteiger partial charge in [-0.1, -0.05) is 41.9 Å². The van der Waals surface area contributed by atoms with Crippen LogP contribution in [0.1, 0.15) is 33.5 Å². The number of aryl methyl sites for hydroxylation is 1. The van der Waals surface area contributed by atoms with E-state index in [9.17, 15) is 30.7 Å². The monoisotopic (exact) mass is 592 g/mol. The quantitative estimate of drug-likeness (QED) is 0.194. The molecule has 12 heteroatoms. The van der Waals surface area contributed by atoms with Crippen molar-refractivity contribution in [2.24, 2.45) is 0 Å². The molecule has 0 aliphatic rings. The minimum absolute atomic E-state index is 0.0486. The van der Waals surface area contributed by atoms with Crippen molar-refractivity contribution in [3.63, 3.8) is 0 Å². The summed E-state index contributed by atoms with van der Waals surface area (Å²) in [7, 11) is 0. The van der Waals surface area contributed by atoms with Crippen molar-refractivity contribution in [1.29, 1.82) is 0 Å². The molecule has 2 heterocycles. The predicted octanol–water partition coefficient (Wildman–Crippen LogP) is 8.69. The number of hydrogen-bond acceptors (Lipinski definition) is 3. The molecule has 212 valence electrons. The normalized spacial score (nSPS) is 13.8. The van der Waals surface area contributed by atoms with Crippen molar-refractivity contribution in [2.75, 3.05) is 5.32 Å². The molecule has 5 rings (SSSR count). The number of hydrogen-bond donors (Lipinski definition) is 2. The van der Waals surface area contributed by atoms with E-state index >= 15 is 0 Å². The van der Waals surface area contributed by atoms with Gasteiger partial charge in [-0.2, -0.15) is 26.3 Å². The first-order valence-corrected chi connectivity index (χ1v) is 12.5.